The molecule has 0 aromatic heterocycles. The van der Waals surface area contributed by atoms with Gasteiger partial charge in [-0.2, -0.15) is 0 Å². The zero-order chi connectivity index (χ0) is 16.2. The molecule has 0 aliphatic carbocycles. The Kier molecular flexibility index (Phi) is 4.48. The standard InChI is InChI=1S/C18H15NO3S/c1-22-15-9-5-8-14(10-15)11-16-17(20)19(18(21)23-16)12-13-6-3-2-4-7-13/h2-11H,12H2,1H3/b16-11-. The Morgan fingerprint density at radius 3 is 2.61 bits per heavy atom. The highest BCUT2D eigenvalue weighted by Crippen LogP contribution is 2.33. The number of carbonyl (C=O) groups excluding carboxylic acids is 2. The summed E-state index contributed by atoms with van der Waals surface area (Å²) in [6.07, 6.45) is 1.72. The number of amides is 2. The Hall–Kier alpha value is -2.53. The van der Waals surface area contributed by atoms with Crippen molar-refractivity contribution in [1.29, 1.82) is 0 Å². The zero-order valence-corrected chi connectivity index (χ0v) is 13.4. The van der Waals surface area contributed by atoms with Gasteiger partial charge in [-0.25, -0.2) is 0 Å². The fourth-order valence-electron chi connectivity index (χ4n) is 2.28. The average Bonchev–Trinajstić information content (AvgIpc) is 2.83. The molecule has 4 nitrogen and oxygen atoms in total. The van der Waals surface area contributed by atoms with E-state index < -0.39 is 0 Å². The Bertz CT molecular complexity index is 771. The van der Waals surface area contributed by atoms with Crippen LogP contribution in [0.15, 0.2) is 59.5 Å². The topological polar surface area (TPSA) is 46.6 Å². The molecule has 0 spiro atoms. The van der Waals surface area contributed by atoms with Crippen molar-refractivity contribution in [3.8, 4) is 5.75 Å². The molecule has 0 unspecified atom stereocenters. The highest BCUT2D eigenvalue weighted by molar-refractivity contribution is 8.18. The molecule has 1 heterocycles. The minimum Gasteiger partial charge on any atom is -0.497 e. The van der Waals surface area contributed by atoms with Crippen molar-refractivity contribution in [3.05, 3.63) is 70.6 Å². The maximum absolute atomic E-state index is 12.5. The van der Waals surface area contributed by atoms with Crippen LogP contribution < -0.4 is 4.74 Å². The van der Waals surface area contributed by atoms with Crippen molar-refractivity contribution >= 4 is 29.0 Å². The first-order valence-corrected chi connectivity index (χ1v) is 7.92. The van der Waals surface area contributed by atoms with Gasteiger partial charge in [-0.3, -0.25) is 14.5 Å². The molecular weight excluding hydrogens is 310 g/mol. The van der Waals surface area contributed by atoms with Gasteiger partial charge in [0.05, 0.1) is 18.6 Å². The molecule has 0 atom stereocenters. The van der Waals surface area contributed by atoms with Gasteiger partial charge in [-0.15, -0.1) is 0 Å². The predicted molar refractivity (Wildman–Crippen MR) is 91.0 cm³/mol. The minimum absolute atomic E-state index is 0.243. The maximum Gasteiger partial charge on any atom is 0.293 e. The van der Waals surface area contributed by atoms with Crippen molar-refractivity contribution in [2.45, 2.75) is 6.54 Å². The van der Waals surface area contributed by atoms with Crippen LogP contribution in [0, 0.1) is 0 Å². The minimum atomic E-state index is -0.258. The van der Waals surface area contributed by atoms with Crippen LogP contribution >= 0.6 is 11.8 Å². The van der Waals surface area contributed by atoms with Gasteiger partial charge in [0.2, 0.25) is 0 Å². The summed E-state index contributed by atoms with van der Waals surface area (Å²) >= 11 is 0.967. The molecule has 5 heteroatoms. The van der Waals surface area contributed by atoms with Gasteiger partial charge in [0.15, 0.2) is 0 Å². The summed E-state index contributed by atoms with van der Waals surface area (Å²) in [5.41, 5.74) is 1.76. The molecule has 0 bridgehead atoms. The SMILES string of the molecule is COc1cccc(/C=C2\SC(=O)N(Cc3ccccc3)C2=O)c1. The van der Waals surface area contributed by atoms with E-state index in [0.717, 1.165) is 22.9 Å². The Morgan fingerprint density at radius 1 is 1.09 bits per heavy atom. The molecule has 0 radical (unpaired) electrons. The molecule has 2 aromatic carbocycles. The van der Waals surface area contributed by atoms with Crippen LogP contribution in [0.25, 0.3) is 6.08 Å². The van der Waals surface area contributed by atoms with E-state index >= 15 is 0 Å². The Balaban J connectivity index is 1.81. The highest BCUT2D eigenvalue weighted by atomic mass is 32.2. The number of nitrogens with zero attached hydrogens (tertiary/aromatic N) is 1. The van der Waals surface area contributed by atoms with Crippen LogP contribution in [-0.2, 0) is 11.3 Å². The third kappa shape index (κ3) is 3.46. The van der Waals surface area contributed by atoms with Crippen LogP contribution in [0.2, 0.25) is 0 Å². The third-order valence-electron chi connectivity index (χ3n) is 3.45. The number of hydrogen-bond donors (Lipinski definition) is 0. The molecule has 2 aromatic rings. The lowest BCUT2D eigenvalue weighted by molar-refractivity contribution is -0.123. The van der Waals surface area contributed by atoms with Gasteiger partial charge in [-0.1, -0.05) is 42.5 Å². The number of carbonyl (C=O) groups is 2. The first-order valence-electron chi connectivity index (χ1n) is 7.11. The smallest absolute Gasteiger partial charge is 0.293 e. The van der Waals surface area contributed by atoms with Gasteiger partial charge in [-0.05, 0) is 41.1 Å². The molecule has 2 amide bonds. The number of methoxy groups -OCH3 is 1. The number of ether oxygens (including phenoxy) is 1. The van der Waals surface area contributed by atoms with Crippen molar-refractivity contribution in [2.24, 2.45) is 0 Å². The monoisotopic (exact) mass is 325 g/mol. The summed E-state index contributed by atoms with van der Waals surface area (Å²) in [5, 5.41) is -0.243. The second kappa shape index (κ2) is 6.71. The molecule has 0 N–H and O–H groups in total. The van der Waals surface area contributed by atoms with Crippen LogP contribution in [0.1, 0.15) is 11.1 Å². The Morgan fingerprint density at radius 2 is 1.87 bits per heavy atom. The summed E-state index contributed by atoms with van der Waals surface area (Å²) in [4.78, 5) is 26.3. The van der Waals surface area contributed by atoms with Crippen molar-refractivity contribution in [1.82, 2.24) is 4.90 Å². The van der Waals surface area contributed by atoms with E-state index in [1.165, 1.54) is 4.90 Å². The first-order chi connectivity index (χ1) is 11.2. The van der Waals surface area contributed by atoms with E-state index in [1.54, 1.807) is 13.2 Å². The van der Waals surface area contributed by atoms with Gasteiger partial charge in [0.25, 0.3) is 11.1 Å². The van der Waals surface area contributed by atoms with E-state index in [4.69, 9.17) is 4.74 Å². The number of hydrogen-bond acceptors (Lipinski definition) is 4. The van der Waals surface area contributed by atoms with Gasteiger partial charge in [0.1, 0.15) is 5.75 Å². The third-order valence-corrected chi connectivity index (χ3v) is 4.36. The average molecular weight is 325 g/mol. The summed E-state index contributed by atoms with van der Waals surface area (Å²) in [5.74, 6) is 0.453. The molecule has 1 fully saturated rings. The van der Waals surface area contributed by atoms with E-state index in [1.807, 2.05) is 54.6 Å². The number of thioether (sulfide) groups is 1. The van der Waals surface area contributed by atoms with Crippen LogP contribution in [0.3, 0.4) is 0 Å². The van der Waals surface area contributed by atoms with Crippen molar-refractivity contribution in [3.63, 3.8) is 0 Å². The number of rotatable bonds is 4. The highest BCUT2D eigenvalue weighted by Gasteiger charge is 2.34. The van der Waals surface area contributed by atoms with Gasteiger partial charge in [0, 0.05) is 0 Å². The molecule has 3 rings (SSSR count). The van der Waals surface area contributed by atoms with E-state index in [-0.39, 0.29) is 11.1 Å². The quantitative estimate of drug-likeness (QED) is 0.799. The fourth-order valence-corrected chi connectivity index (χ4v) is 3.12. The second-order valence-corrected chi connectivity index (χ2v) is 6.02. The molecular formula is C18H15NO3S. The lowest BCUT2D eigenvalue weighted by atomic mass is 10.2. The van der Waals surface area contributed by atoms with E-state index in [0.29, 0.717) is 17.2 Å². The van der Waals surface area contributed by atoms with Crippen LogP contribution in [0.5, 0.6) is 5.75 Å². The molecule has 116 valence electrons. The molecule has 1 aliphatic rings. The normalized spacial score (nSPS) is 16.2. The molecule has 23 heavy (non-hydrogen) atoms. The molecule has 1 saturated heterocycles. The number of imide groups is 1. The number of benzene rings is 2. The molecule has 1 aliphatic heterocycles. The molecule has 0 saturated carbocycles. The largest absolute Gasteiger partial charge is 0.497 e. The second-order valence-electron chi connectivity index (χ2n) is 5.03. The maximum atomic E-state index is 12.5. The zero-order valence-electron chi connectivity index (χ0n) is 12.6. The van der Waals surface area contributed by atoms with Gasteiger partial charge < -0.3 is 4.74 Å². The van der Waals surface area contributed by atoms with Crippen molar-refractivity contribution < 1.29 is 14.3 Å². The Labute approximate surface area is 138 Å². The van der Waals surface area contributed by atoms with Gasteiger partial charge >= 0.3 is 0 Å². The van der Waals surface area contributed by atoms with E-state index in [9.17, 15) is 9.59 Å². The van der Waals surface area contributed by atoms with Crippen LogP contribution in [-0.4, -0.2) is 23.2 Å². The predicted octanol–water partition coefficient (Wildman–Crippen LogP) is 3.93. The van der Waals surface area contributed by atoms with Crippen LogP contribution in [0.4, 0.5) is 4.79 Å². The lowest BCUT2D eigenvalue weighted by Crippen LogP contribution is -2.27. The van der Waals surface area contributed by atoms with E-state index in [2.05, 4.69) is 0 Å². The lowest BCUT2D eigenvalue weighted by Gasteiger charge is -2.12. The summed E-state index contributed by atoms with van der Waals surface area (Å²) in [7, 11) is 1.59. The summed E-state index contributed by atoms with van der Waals surface area (Å²) < 4.78 is 5.17. The van der Waals surface area contributed by atoms with Crippen molar-refractivity contribution in [2.75, 3.05) is 7.11 Å². The summed E-state index contributed by atoms with van der Waals surface area (Å²) in [6, 6.07) is 16.8. The fraction of sp³-hybridized carbons (Fsp3) is 0.111. The first kappa shape index (κ1) is 15.4. The summed E-state index contributed by atoms with van der Waals surface area (Å²) in [6.45, 7) is 0.293.